The van der Waals surface area contributed by atoms with Crippen LogP contribution >= 0.6 is 0 Å². The van der Waals surface area contributed by atoms with Crippen LogP contribution in [-0.4, -0.2) is 32.5 Å². The molecule has 0 aromatic heterocycles. The van der Waals surface area contributed by atoms with Crippen molar-refractivity contribution in [2.24, 2.45) is 0 Å². The molecule has 4 aromatic rings. The molecular formula is C35H36N2O5S. The van der Waals surface area contributed by atoms with Gasteiger partial charge < -0.3 is 15.4 Å². The number of ether oxygens (including phenoxy) is 1. The summed E-state index contributed by atoms with van der Waals surface area (Å²) in [5, 5.41) is 6.84. The Kier molecular flexibility index (Phi) is 11.7. The largest absolute Gasteiger partial charge is 0.445 e. The number of hydrogen-bond acceptors (Lipinski definition) is 5. The van der Waals surface area contributed by atoms with E-state index in [2.05, 4.69) is 10.6 Å². The second-order valence-electron chi connectivity index (χ2n) is 10.2. The fraction of sp³-hybridized carbons (Fsp3) is 0.200. The van der Waals surface area contributed by atoms with Gasteiger partial charge in [-0.25, -0.2) is 13.2 Å². The zero-order valence-corrected chi connectivity index (χ0v) is 24.7. The number of carbonyl (C=O) groups excluding carboxylic acids is 2. The zero-order valence-electron chi connectivity index (χ0n) is 23.8. The first-order valence-corrected chi connectivity index (χ1v) is 15.9. The van der Waals surface area contributed by atoms with Crippen LogP contribution in [0.4, 0.5) is 4.79 Å². The molecule has 0 saturated heterocycles. The summed E-state index contributed by atoms with van der Waals surface area (Å²) in [5.74, 6) is -0.585. The van der Waals surface area contributed by atoms with Gasteiger partial charge in [0, 0.05) is 17.9 Å². The minimum atomic E-state index is -3.59. The van der Waals surface area contributed by atoms with Gasteiger partial charge in [0.1, 0.15) is 12.6 Å². The topological polar surface area (TPSA) is 102 Å². The molecule has 0 radical (unpaired) electrons. The lowest BCUT2D eigenvalue weighted by Gasteiger charge is -2.22. The lowest BCUT2D eigenvalue weighted by molar-refractivity contribution is -0.123. The third kappa shape index (κ3) is 11.2. The van der Waals surface area contributed by atoms with Crippen molar-refractivity contribution in [3.05, 3.63) is 155 Å². The highest BCUT2D eigenvalue weighted by Gasteiger charge is 2.24. The van der Waals surface area contributed by atoms with Gasteiger partial charge in [0.15, 0.2) is 9.84 Å². The Morgan fingerprint density at radius 3 is 1.77 bits per heavy atom. The molecule has 2 N–H and O–H groups in total. The van der Waals surface area contributed by atoms with Crippen LogP contribution in [-0.2, 0) is 44.6 Å². The molecule has 0 bridgehead atoms. The van der Waals surface area contributed by atoms with Gasteiger partial charge in [-0.2, -0.15) is 0 Å². The maximum absolute atomic E-state index is 13.6. The monoisotopic (exact) mass is 596 g/mol. The number of hydrogen-bond donors (Lipinski definition) is 2. The van der Waals surface area contributed by atoms with Gasteiger partial charge in [0.25, 0.3) is 0 Å². The summed E-state index contributed by atoms with van der Waals surface area (Å²) in [6.45, 7) is 0.0636. The smallest absolute Gasteiger partial charge is 0.408 e. The van der Waals surface area contributed by atoms with Crippen LogP contribution in [0.3, 0.4) is 0 Å². The molecule has 0 saturated carbocycles. The van der Waals surface area contributed by atoms with Crippen molar-refractivity contribution >= 4 is 21.8 Å². The highest BCUT2D eigenvalue weighted by atomic mass is 32.2. The van der Waals surface area contributed by atoms with Gasteiger partial charge in [-0.1, -0.05) is 127 Å². The highest BCUT2D eigenvalue weighted by molar-refractivity contribution is 7.93. The Morgan fingerprint density at radius 2 is 1.19 bits per heavy atom. The van der Waals surface area contributed by atoms with E-state index >= 15 is 0 Å². The second kappa shape index (κ2) is 16.1. The lowest BCUT2D eigenvalue weighted by Crippen LogP contribution is -2.50. The Balaban J connectivity index is 1.48. The molecule has 222 valence electrons. The Hall–Kier alpha value is -4.69. The number of sulfone groups is 1. The SMILES string of the molecule is O=C(NC(Cc1ccccc1)C(=O)NC(C=CS(=O)(=O)Cc1ccccc1)CCc1ccccc1)OCc1ccccc1. The number of aryl methyl sites for hydroxylation is 1. The third-order valence-corrected chi connectivity index (χ3v) is 8.05. The van der Waals surface area contributed by atoms with E-state index in [-0.39, 0.29) is 18.8 Å². The summed E-state index contributed by atoms with van der Waals surface area (Å²) >= 11 is 0. The first-order chi connectivity index (χ1) is 20.9. The Morgan fingerprint density at radius 1 is 0.674 bits per heavy atom. The van der Waals surface area contributed by atoms with E-state index in [4.69, 9.17) is 4.74 Å². The van der Waals surface area contributed by atoms with E-state index < -0.39 is 33.9 Å². The number of rotatable bonds is 14. The summed E-state index contributed by atoms with van der Waals surface area (Å²) in [6, 6.07) is 35.8. The molecule has 0 spiro atoms. The molecule has 8 heteroatoms. The second-order valence-corrected chi connectivity index (χ2v) is 12.1. The molecule has 0 fully saturated rings. The Labute approximate surface area is 253 Å². The normalized spacial score (nSPS) is 12.7. The van der Waals surface area contributed by atoms with Gasteiger partial charge in [0.2, 0.25) is 5.91 Å². The zero-order chi connectivity index (χ0) is 30.3. The average molecular weight is 597 g/mol. The van der Waals surface area contributed by atoms with Crippen LogP contribution in [0.2, 0.25) is 0 Å². The van der Waals surface area contributed by atoms with Crippen molar-refractivity contribution in [1.82, 2.24) is 10.6 Å². The third-order valence-electron chi connectivity index (χ3n) is 6.75. The van der Waals surface area contributed by atoms with Crippen molar-refractivity contribution < 1.29 is 22.7 Å². The minimum Gasteiger partial charge on any atom is -0.445 e. The number of nitrogens with one attached hydrogen (secondary N) is 2. The molecule has 2 atom stereocenters. The number of alkyl carbamates (subject to hydrolysis) is 1. The molecule has 0 aliphatic rings. The lowest BCUT2D eigenvalue weighted by atomic mass is 10.0. The van der Waals surface area contributed by atoms with Crippen molar-refractivity contribution in [3.8, 4) is 0 Å². The fourth-order valence-corrected chi connectivity index (χ4v) is 5.68. The maximum atomic E-state index is 13.6. The predicted octanol–water partition coefficient (Wildman–Crippen LogP) is 5.77. The summed E-state index contributed by atoms with van der Waals surface area (Å²) in [7, 11) is -3.59. The number of carbonyl (C=O) groups is 2. The van der Waals surface area contributed by atoms with E-state index in [1.807, 2.05) is 97.1 Å². The van der Waals surface area contributed by atoms with E-state index in [0.717, 1.165) is 16.7 Å². The standard InChI is InChI=1S/C35H36N2O5S/c38-34(33(25-29-15-7-2-8-16-29)37-35(39)42-26-30-17-9-3-10-18-30)36-32(22-21-28-13-5-1-6-14-28)23-24-43(40,41)27-31-19-11-4-12-20-31/h1-20,23-24,32-33H,21-22,25-27H2,(H,36,38)(H,37,39). The first kappa shape index (κ1) is 31.3. The van der Waals surface area contributed by atoms with Crippen molar-refractivity contribution in [2.75, 3.05) is 0 Å². The molecule has 0 heterocycles. The summed E-state index contributed by atoms with van der Waals surface area (Å²) in [6.07, 6.45) is 2.11. The van der Waals surface area contributed by atoms with Gasteiger partial charge >= 0.3 is 6.09 Å². The van der Waals surface area contributed by atoms with Crippen LogP contribution in [0.25, 0.3) is 0 Å². The summed E-state index contributed by atoms with van der Waals surface area (Å²) < 4.78 is 31.2. The molecule has 4 rings (SSSR count). The van der Waals surface area contributed by atoms with Gasteiger partial charge in [0.05, 0.1) is 5.75 Å². The molecule has 0 aliphatic heterocycles. The van der Waals surface area contributed by atoms with Crippen LogP contribution in [0.15, 0.2) is 133 Å². The molecular weight excluding hydrogens is 560 g/mol. The number of amides is 2. The van der Waals surface area contributed by atoms with E-state index in [9.17, 15) is 18.0 Å². The van der Waals surface area contributed by atoms with Gasteiger partial charge in [-0.3, -0.25) is 4.79 Å². The maximum Gasteiger partial charge on any atom is 0.408 e. The number of benzene rings is 4. The molecule has 7 nitrogen and oxygen atoms in total. The van der Waals surface area contributed by atoms with E-state index in [1.165, 1.54) is 11.5 Å². The average Bonchev–Trinajstić information content (AvgIpc) is 3.03. The quantitative estimate of drug-likeness (QED) is 0.193. The molecule has 43 heavy (non-hydrogen) atoms. The van der Waals surface area contributed by atoms with E-state index in [1.54, 1.807) is 24.3 Å². The molecule has 0 aliphatic carbocycles. The van der Waals surface area contributed by atoms with Crippen molar-refractivity contribution in [3.63, 3.8) is 0 Å². The van der Waals surface area contributed by atoms with Crippen molar-refractivity contribution in [2.45, 2.75) is 43.7 Å². The van der Waals surface area contributed by atoms with Crippen LogP contribution in [0, 0.1) is 0 Å². The van der Waals surface area contributed by atoms with Gasteiger partial charge in [-0.15, -0.1) is 0 Å². The minimum absolute atomic E-state index is 0.0636. The van der Waals surface area contributed by atoms with Crippen LogP contribution in [0.1, 0.15) is 28.7 Å². The summed E-state index contributed by atoms with van der Waals surface area (Å²) in [4.78, 5) is 26.4. The van der Waals surface area contributed by atoms with Crippen molar-refractivity contribution in [1.29, 1.82) is 0 Å². The molecule has 2 amide bonds. The molecule has 2 unspecified atom stereocenters. The first-order valence-electron chi connectivity index (χ1n) is 14.2. The fourth-order valence-electron chi connectivity index (χ4n) is 4.50. The van der Waals surface area contributed by atoms with Crippen LogP contribution < -0.4 is 10.6 Å². The van der Waals surface area contributed by atoms with Gasteiger partial charge in [-0.05, 0) is 35.1 Å². The summed E-state index contributed by atoms with van der Waals surface area (Å²) in [5.41, 5.74) is 3.42. The highest BCUT2D eigenvalue weighted by Crippen LogP contribution is 2.12. The molecule has 4 aromatic carbocycles. The van der Waals surface area contributed by atoms with E-state index in [0.29, 0.717) is 18.4 Å². The van der Waals surface area contributed by atoms with Crippen LogP contribution in [0.5, 0.6) is 0 Å². The Bertz CT molecular complexity index is 1560. The predicted molar refractivity (Wildman–Crippen MR) is 169 cm³/mol.